The molecule has 2 unspecified atom stereocenters. The maximum absolute atomic E-state index is 12.4. The molecular weight excluding hydrogens is 340 g/mol. The summed E-state index contributed by atoms with van der Waals surface area (Å²) in [4.78, 5) is 28.6. The number of fused-ring (bicyclic) bond motifs is 1. The van der Waals surface area contributed by atoms with E-state index in [9.17, 15) is 9.59 Å². The predicted molar refractivity (Wildman–Crippen MR) is 105 cm³/mol. The van der Waals surface area contributed by atoms with Crippen LogP contribution in [0.5, 0.6) is 5.75 Å². The number of benzene rings is 1. The van der Waals surface area contributed by atoms with Crippen LogP contribution in [-0.4, -0.2) is 23.6 Å². The molecule has 0 saturated heterocycles. The van der Waals surface area contributed by atoms with E-state index < -0.39 is 6.10 Å². The maximum atomic E-state index is 12.4. The van der Waals surface area contributed by atoms with Gasteiger partial charge in [-0.3, -0.25) is 9.59 Å². The highest BCUT2D eigenvalue weighted by atomic mass is 16.5. The Hall–Kier alpha value is -2.95. The van der Waals surface area contributed by atoms with Crippen LogP contribution in [0.3, 0.4) is 0 Å². The molecule has 3 rings (SSSR count). The van der Waals surface area contributed by atoms with E-state index in [2.05, 4.69) is 31.1 Å². The van der Waals surface area contributed by atoms with Crippen molar-refractivity contribution in [2.75, 3.05) is 0 Å². The van der Waals surface area contributed by atoms with E-state index in [0.29, 0.717) is 11.5 Å². The number of hydrogen-bond donors (Lipinski definition) is 1. The number of carbonyl (C=O) groups excluding carboxylic acids is 2. The maximum Gasteiger partial charge on any atom is 0.286 e. The third-order valence-corrected chi connectivity index (χ3v) is 4.50. The first-order valence-electron chi connectivity index (χ1n) is 9.01. The fourth-order valence-electron chi connectivity index (χ4n) is 3.11. The molecule has 1 N–H and O–H groups in total. The topological polar surface area (TPSA) is 67.8 Å². The van der Waals surface area contributed by atoms with Crippen LogP contribution >= 0.6 is 0 Å². The van der Waals surface area contributed by atoms with Crippen LogP contribution in [0, 0.1) is 11.3 Å². The minimum Gasteiger partial charge on any atom is -0.481 e. The molecule has 2 atom stereocenters. The van der Waals surface area contributed by atoms with Crippen LogP contribution in [0.25, 0.3) is 0 Å². The molecule has 2 aliphatic rings. The van der Waals surface area contributed by atoms with Gasteiger partial charge in [-0.2, -0.15) is 0 Å². The molecule has 1 aromatic carbocycles. The van der Waals surface area contributed by atoms with Crippen molar-refractivity contribution in [3.8, 4) is 5.75 Å². The SMILES string of the molecule is CC(Oc1ccccc1)C(=O)N=C1C=CC2C(=C1)NC(=O)C=C2C(C)(C)C. The number of amides is 2. The van der Waals surface area contributed by atoms with Crippen LogP contribution in [0.1, 0.15) is 27.7 Å². The number of ether oxygens (including phenoxy) is 1. The van der Waals surface area contributed by atoms with Crippen LogP contribution in [-0.2, 0) is 9.59 Å². The van der Waals surface area contributed by atoms with Crippen molar-refractivity contribution in [2.24, 2.45) is 16.3 Å². The molecule has 0 spiro atoms. The normalized spacial score (nSPS) is 21.7. The van der Waals surface area contributed by atoms with Gasteiger partial charge in [0.25, 0.3) is 5.91 Å². The molecule has 2 amide bonds. The number of rotatable bonds is 3. The average molecular weight is 364 g/mol. The van der Waals surface area contributed by atoms with Crippen LogP contribution in [0.15, 0.2) is 70.9 Å². The minimum atomic E-state index is -0.699. The number of carbonyl (C=O) groups is 2. The van der Waals surface area contributed by atoms with Crippen LogP contribution in [0.4, 0.5) is 0 Å². The lowest BCUT2D eigenvalue weighted by Crippen LogP contribution is -2.36. The van der Waals surface area contributed by atoms with Gasteiger partial charge in [0.05, 0.1) is 5.71 Å². The molecule has 1 aliphatic heterocycles. The van der Waals surface area contributed by atoms with Crippen molar-refractivity contribution in [1.29, 1.82) is 0 Å². The molecule has 0 radical (unpaired) electrons. The van der Waals surface area contributed by atoms with Crippen molar-refractivity contribution >= 4 is 17.5 Å². The Bertz CT molecular complexity index is 871. The van der Waals surface area contributed by atoms with Gasteiger partial charge in [-0.1, -0.05) is 45.0 Å². The van der Waals surface area contributed by atoms with Gasteiger partial charge < -0.3 is 10.1 Å². The Balaban J connectivity index is 1.77. The Morgan fingerprint density at radius 3 is 2.56 bits per heavy atom. The molecule has 27 heavy (non-hydrogen) atoms. The summed E-state index contributed by atoms with van der Waals surface area (Å²) in [6.07, 6.45) is 6.51. The smallest absolute Gasteiger partial charge is 0.286 e. The van der Waals surface area contributed by atoms with E-state index in [1.807, 2.05) is 30.4 Å². The van der Waals surface area contributed by atoms with E-state index in [4.69, 9.17) is 4.74 Å². The van der Waals surface area contributed by atoms with Gasteiger partial charge in [0.1, 0.15) is 5.75 Å². The van der Waals surface area contributed by atoms with Gasteiger partial charge in [-0.25, -0.2) is 4.99 Å². The van der Waals surface area contributed by atoms with Gasteiger partial charge in [-0.15, -0.1) is 0 Å². The summed E-state index contributed by atoms with van der Waals surface area (Å²) in [7, 11) is 0. The monoisotopic (exact) mass is 364 g/mol. The van der Waals surface area contributed by atoms with Gasteiger partial charge in [0.2, 0.25) is 5.91 Å². The van der Waals surface area contributed by atoms with E-state index in [-0.39, 0.29) is 23.1 Å². The first-order chi connectivity index (χ1) is 12.7. The van der Waals surface area contributed by atoms with E-state index in [0.717, 1.165) is 11.3 Å². The standard InChI is InChI=1S/C22H24N2O3/c1-14(27-16-8-6-5-7-9-16)21(26)23-15-10-11-17-18(22(2,3)4)13-20(25)24-19(17)12-15/h5-14,17H,1-4H3,(H,24,25). The molecule has 1 aromatic rings. The minimum absolute atomic E-state index is 0.00487. The summed E-state index contributed by atoms with van der Waals surface area (Å²) in [6.45, 7) is 7.92. The molecule has 1 aliphatic carbocycles. The van der Waals surface area contributed by atoms with Crippen molar-refractivity contribution in [1.82, 2.24) is 5.32 Å². The van der Waals surface area contributed by atoms with Gasteiger partial charge in [0.15, 0.2) is 6.10 Å². The third kappa shape index (κ3) is 4.42. The molecule has 0 fully saturated rings. The molecule has 0 saturated carbocycles. The summed E-state index contributed by atoms with van der Waals surface area (Å²) in [5, 5.41) is 2.86. The quantitative estimate of drug-likeness (QED) is 0.891. The summed E-state index contributed by atoms with van der Waals surface area (Å²) < 4.78 is 5.62. The van der Waals surface area contributed by atoms with E-state index in [1.165, 1.54) is 0 Å². The van der Waals surface area contributed by atoms with Crippen molar-refractivity contribution in [2.45, 2.75) is 33.8 Å². The number of nitrogens with zero attached hydrogens (tertiary/aromatic N) is 1. The van der Waals surface area contributed by atoms with E-state index in [1.54, 1.807) is 31.2 Å². The molecule has 5 nitrogen and oxygen atoms in total. The van der Waals surface area contributed by atoms with Gasteiger partial charge in [0, 0.05) is 17.7 Å². The second-order valence-corrected chi connectivity index (χ2v) is 7.72. The summed E-state index contributed by atoms with van der Waals surface area (Å²) in [5.41, 5.74) is 2.16. The molecule has 1 heterocycles. The molecule has 140 valence electrons. The first kappa shape index (κ1) is 18.8. The highest BCUT2D eigenvalue weighted by Crippen LogP contribution is 2.38. The Kier molecular flexibility index (Phi) is 5.13. The number of para-hydroxylation sites is 1. The van der Waals surface area contributed by atoms with E-state index >= 15 is 0 Å². The number of hydrogen-bond acceptors (Lipinski definition) is 3. The first-order valence-corrected chi connectivity index (χ1v) is 9.01. The lowest BCUT2D eigenvalue weighted by atomic mass is 9.74. The van der Waals surface area contributed by atoms with Crippen LogP contribution in [0.2, 0.25) is 0 Å². The van der Waals surface area contributed by atoms with Crippen molar-refractivity contribution in [3.05, 3.63) is 65.9 Å². The highest BCUT2D eigenvalue weighted by Gasteiger charge is 2.32. The van der Waals surface area contributed by atoms with Crippen LogP contribution < -0.4 is 10.1 Å². The fraction of sp³-hybridized carbons (Fsp3) is 0.318. The third-order valence-electron chi connectivity index (χ3n) is 4.50. The van der Waals surface area contributed by atoms with Crippen molar-refractivity contribution in [3.63, 3.8) is 0 Å². The Morgan fingerprint density at radius 2 is 1.89 bits per heavy atom. The summed E-state index contributed by atoms with van der Waals surface area (Å²) >= 11 is 0. The lowest BCUT2D eigenvalue weighted by Gasteiger charge is -2.34. The molecule has 0 aromatic heterocycles. The van der Waals surface area contributed by atoms with Gasteiger partial charge in [-0.05, 0) is 42.2 Å². The molecule has 5 heteroatoms. The number of nitrogens with one attached hydrogen (secondary N) is 1. The fourth-order valence-corrected chi connectivity index (χ4v) is 3.11. The second kappa shape index (κ2) is 7.35. The Labute approximate surface area is 159 Å². The molecule has 0 bridgehead atoms. The largest absolute Gasteiger partial charge is 0.481 e. The van der Waals surface area contributed by atoms with Crippen molar-refractivity contribution < 1.29 is 14.3 Å². The Morgan fingerprint density at radius 1 is 1.19 bits per heavy atom. The lowest BCUT2D eigenvalue weighted by molar-refractivity contribution is -0.123. The van der Waals surface area contributed by atoms with Gasteiger partial charge >= 0.3 is 0 Å². The molecular formula is C22H24N2O3. The zero-order chi connectivity index (χ0) is 19.6. The predicted octanol–water partition coefficient (Wildman–Crippen LogP) is 3.59. The summed E-state index contributed by atoms with van der Waals surface area (Å²) in [6, 6.07) is 9.16. The number of aliphatic imine (C=N–C) groups is 1. The summed E-state index contributed by atoms with van der Waals surface area (Å²) in [5.74, 6) is 0.0945. The zero-order valence-corrected chi connectivity index (χ0v) is 16.0. The highest BCUT2D eigenvalue weighted by molar-refractivity contribution is 6.11. The second-order valence-electron chi connectivity index (χ2n) is 7.72. The average Bonchev–Trinajstić information content (AvgIpc) is 2.60. The number of allylic oxidation sites excluding steroid dienone is 3. The zero-order valence-electron chi connectivity index (χ0n) is 16.0.